The first kappa shape index (κ1) is 25.2. The van der Waals surface area contributed by atoms with Gasteiger partial charge in [0.25, 0.3) is 0 Å². The Balaban J connectivity index is 1.71. The standard InChI is InChI=1S/C26H34ClN3O3/c1-15(2)30(16(3)4)24-23(33-24)21-14-20(11-12-22(21)27)28-25(32)29-26(6,7)19-10-8-9-18(13-19)17(5)31/h8-16,23-24H,1-7H3,(H2,28,29,32). The lowest BCUT2D eigenvalue weighted by atomic mass is 9.92. The molecule has 2 atom stereocenters. The van der Waals surface area contributed by atoms with Crippen LogP contribution in [0.5, 0.6) is 0 Å². The molecule has 2 N–H and O–H groups in total. The maximum absolute atomic E-state index is 12.8. The number of ether oxygens (including phenoxy) is 1. The lowest BCUT2D eigenvalue weighted by Gasteiger charge is -2.28. The molecule has 2 unspecified atom stereocenters. The van der Waals surface area contributed by atoms with Gasteiger partial charge in [-0.05, 0) is 78.3 Å². The maximum atomic E-state index is 12.8. The molecule has 7 heteroatoms. The van der Waals surface area contributed by atoms with E-state index in [-0.39, 0.29) is 24.1 Å². The number of rotatable bonds is 8. The quantitative estimate of drug-likeness (QED) is 0.359. The molecule has 1 fully saturated rings. The fourth-order valence-electron chi connectivity index (χ4n) is 4.23. The number of carbonyl (C=O) groups is 2. The van der Waals surface area contributed by atoms with Crippen LogP contribution in [0.15, 0.2) is 42.5 Å². The third-order valence-electron chi connectivity index (χ3n) is 5.93. The topological polar surface area (TPSA) is 74.0 Å². The van der Waals surface area contributed by atoms with Crippen molar-refractivity contribution in [2.24, 2.45) is 0 Å². The van der Waals surface area contributed by atoms with Crippen LogP contribution in [0.2, 0.25) is 5.02 Å². The second-order valence-electron chi connectivity index (χ2n) is 9.66. The third kappa shape index (κ3) is 5.94. The van der Waals surface area contributed by atoms with Crippen LogP contribution >= 0.6 is 11.6 Å². The van der Waals surface area contributed by atoms with E-state index in [9.17, 15) is 9.59 Å². The predicted molar refractivity (Wildman–Crippen MR) is 133 cm³/mol. The van der Waals surface area contributed by atoms with E-state index in [1.54, 1.807) is 18.2 Å². The molecule has 2 aromatic rings. The number of Topliss-reactive ketones (excluding diaryl/α,β-unsaturated/α-hetero) is 1. The Kier molecular flexibility index (Phi) is 7.52. The average Bonchev–Trinajstić information content (AvgIpc) is 3.48. The van der Waals surface area contributed by atoms with Gasteiger partial charge in [-0.25, -0.2) is 4.79 Å². The van der Waals surface area contributed by atoms with E-state index in [0.29, 0.717) is 28.4 Å². The number of hydrogen-bond acceptors (Lipinski definition) is 4. The number of urea groups is 1. The molecule has 0 bridgehead atoms. The first-order chi connectivity index (χ1) is 15.4. The maximum Gasteiger partial charge on any atom is 0.319 e. The fourth-order valence-corrected chi connectivity index (χ4v) is 4.45. The largest absolute Gasteiger partial charge is 0.348 e. The molecule has 2 amide bonds. The van der Waals surface area contributed by atoms with Crippen molar-refractivity contribution in [2.75, 3.05) is 5.32 Å². The molecule has 0 radical (unpaired) electrons. The Morgan fingerprint density at radius 2 is 1.73 bits per heavy atom. The Labute approximate surface area is 201 Å². The van der Waals surface area contributed by atoms with E-state index >= 15 is 0 Å². The molecule has 1 aliphatic rings. The Bertz CT molecular complexity index is 1030. The van der Waals surface area contributed by atoms with Crippen LogP contribution < -0.4 is 10.6 Å². The molecule has 3 rings (SSSR count). The average molecular weight is 472 g/mol. The third-order valence-corrected chi connectivity index (χ3v) is 6.28. The molecular formula is C26H34ClN3O3. The number of nitrogens with one attached hydrogen (secondary N) is 2. The summed E-state index contributed by atoms with van der Waals surface area (Å²) in [5.74, 6) is -0.0140. The highest BCUT2D eigenvalue weighted by atomic mass is 35.5. The van der Waals surface area contributed by atoms with Gasteiger partial charge < -0.3 is 15.4 Å². The van der Waals surface area contributed by atoms with Crippen molar-refractivity contribution in [3.05, 3.63) is 64.2 Å². The van der Waals surface area contributed by atoms with Crippen molar-refractivity contribution in [1.29, 1.82) is 0 Å². The highest BCUT2D eigenvalue weighted by Crippen LogP contribution is 2.45. The van der Waals surface area contributed by atoms with Crippen molar-refractivity contribution >= 4 is 29.1 Å². The number of anilines is 1. The van der Waals surface area contributed by atoms with Gasteiger partial charge in [0.15, 0.2) is 5.78 Å². The molecule has 1 heterocycles. The number of hydrogen-bond donors (Lipinski definition) is 2. The molecule has 0 saturated carbocycles. The minimum absolute atomic E-state index is 0.0140. The summed E-state index contributed by atoms with van der Waals surface area (Å²) < 4.78 is 5.98. The molecule has 0 spiro atoms. The van der Waals surface area contributed by atoms with Crippen LogP contribution in [-0.2, 0) is 10.3 Å². The number of amides is 2. The van der Waals surface area contributed by atoms with Gasteiger partial charge in [-0.2, -0.15) is 0 Å². The normalized spacial score (nSPS) is 18.0. The van der Waals surface area contributed by atoms with Gasteiger partial charge >= 0.3 is 6.03 Å². The van der Waals surface area contributed by atoms with Crippen LogP contribution in [0.1, 0.15) is 76.1 Å². The van der Waals surface area contributed by atoms with Gasteiger partial charge in [-0.1, -0.05) is 29.8 Å². The Morgan fingerprint density at radius 1 is 1.06 bits per heavy atom. The summed E-state index contributed by atoms with van der Waals surface area (Å²) >= 11 is 6.47. The van der Waals surface area contributed by atoms with E-state index in [4.69, 9.17) is 16.3 Å². The lowest BCUT2D eigenvalue weighted by molar-refractivity contribution is 0.101. The SMILES string of the molecule is CC(=O)c1cccc(C(C)(C)NC(=O)Nc2ccc(Cl)c(C3OC3N(C(C)C)C(C)C)c2)c1. The van der Waals surface area contributed by atoms with E-state index < -0.39 is 5.54 Å². The number of carbonyl (C=O) groups excluding carboxylic acids is 2. The van der Waals surface area contributed by atoms with Crippen LogP contribution in [-0.4, -0.2) is 35.0 Å². The summed E-state index contributed by atoms with van der Waals surface area (Å²) in [6, 6.07) is 13.1. The van der Waals surface area contributed by atoms with E-state index in [2.05, 4.69) is 43.2 Å². The second kappa shape index (κ2) is 9.84. The van der Waals surface area contributed by atoms with Gasteiger partial charge in [-0.15, -0.1) is 0 Å². The number of halogens is 1. The first-order valence-corrected chi connectivity index (χ1v) is 11.7. The van der Waals surface area contributed by atoms with Crippen LogP contribution in [0.25, 0.3) is 0 Å². The zero-order valence-corrected chi connectivity index (χ0v) is 21.2. The zero-order valence-electron chi connectivity index (χ0n) is 20.4. The number of ketones is 1. The van der Waals surface area contributed by atoms with Crippen molar-refractivity contribution in [3.8, 4) is 0 Å². The van der Waals surface area contributed by atoms with Gasteiger partial charge in [0, 0.05) is 33.9 Å². The van der Waals surface area contributed by atoms with Crippen molar-refractivity contribution < 1.29 is 14.3 Å². The monoisotopic (exact) mass is 471 g/mol. The molecule has 33 heavy (non-hydrogen) atoms. The molecular weight excluding hydrogens is 438 g/mol. The van der Waals surface area contributed by atoms with Crippen LogP contribution in [0.3, 0.4) is 0 Å². The molecule has 2 aromatic carbocycles. The van der Waals surface area contributed by atoms with Crippen molar-refractivity contribution in [3.63, 3.8) is 0 Å². The molecule has 1 aliphatic heterocycles. The number of epoxide rings is 1. The summed E-state index contributed by atoms with van der Waals surface area (Å²) in [5, 5.41) is 6.50. The molecule has 0 aromatic heterocycles. The van der Waals surface area contributed by atoms with E-state index in [1.165, 1.54) is 6.92 Å². The predicted octanol–water partition coefficient (Wildman–Crippen LogP) is 6.12. The van der Waals surface area contributed by atoms with Gasteiger partial charge in [0.2, 0.25) is 0 Å². The molecule has 1 saturated heterocycles. The summed E-state index contributed by atoms with van der Waals surface area (Å²) in [6.45, 7) is 13.9. The van der Waals surface area contributed by atoms with Gasteiger partial charge in [-0.3, -0.25) is 9.69 Å². The summed E-state index contributed by atoms with van der Waals surface area (Å²) in [4.78, 5) is 26.8. The minimum Gasteiger partial charge on any atom is -0.348 e. The molecule has 178 valence electrons. The highest BCUT2D eigenvalue weighted by molar-refractivity contribution is 6.31. The summed E-state index contributed by atoms with van der Waals surface area (Å²) in [7, 11) is 0. The van der Waals surface area contributed by atoms with Gasteiger partial charge in [0.1, 0.15) is 12.3 Å². The van der Waals surface area contributed by atoms with E-state index in [0.717, 1.165) is 11.1 Å². The minimum atomic E-state index is -0.676. The second-order valence-corrected chi connectivity index (χ2v) is 10.1. The highest BCUT2D eigenvalue weighted by Gasteiger charge is 2.47. The number of benzene rings is 2. The molecule has 6 nitrogen and oxygen atoms in total. The van der Waals surface area contributed by atoms with Gasteiger partial charge in [0.05, 0.1) is 5.54 Å². The Hall–Kier alpha value is -2.41. The van der Waals surface area contributed by atoms with Crippen LogP contribution in [0.4, 0.5) is 10.5 Å². The fraction of sp³-hybridized carbons (Fsp3) is 0.462. The van der Waals surface area contributed by atoms with E-state index in [1.807, 2.05) is 38.1 Å². The lowest BCUT2D eigenvalue weighted by Crippen LogP contribution is -2.43. The Morgan fingerprint density at radius 3 is 2.33 bits per heavy atom. The van der Waals surface area contributed by atoms with Crippen LogP contribution in [0, 0.1) is 0 Å². The smallest absolute Gasteiger partial charge is 0.319 e. The first-order valence-electron chi connectivity index (χ1n) is 11.3. The van der Waals surface area contributed by atoms with Crippen molar-refractivity contribution in [1.82, 2.24) is 10.2 Å². The summed E-state index contributed by atoms with van der Waals surface area (Å²) in [5.41, 5.74) is 2.28. The van der Waals surface area contributed by atoms with Crippen molar-refractivity contribution in [2.45, 2.75) is 78.4 Å². The zero-order chi connectivity index (χ0) is 24.5. The molecule has 0 aliphatic carbocycles. The summed E-state index contributed by atoms with van der Waals surface area (Å²) in [6.07, 6.45) is -0.156. The number of nitrogens with zero attached hydrogens (tertiary/aromatic N) is 1.